The number of nitrogens with two attached hydrogens (primary N) is 1. The van der Waals surface area contributed by atoms with Crippen LogP contribution in [-0.2, 0) is 14.3 Å². The van der Waals surface area contributed by atoms with Crippen molar-refractivity contribution in [2.75, 3.05) is 31.3 Å². The van der Waals surface area contributed by atoms with E-state index in [0.717, 1.165) is 0 Å². The summed E-state index contributed by atoms with van der Waals surface area (Å²) >= 11 is 1.42. The zero-order valence-electron chi connectivity index (χ0n) is 9.85. The minimum Gasteiger partial charge on any atom is -0.465 e. The van der Waals surface area contributed by atoms with E-state index in [9.17, 15) is 9.90 Å². The summed E-state index contributed by atoms with van der Waals surface area (Å²) in [6.07, 6.45) is -0.514. The second-order valence-electron chi connectivity index (χ2n) is 3.21. The fraction of sp³-hybridized carbons (Fsp3) is 0.900. The van der Waals surface area contributed by atoms with Crippen molar-refractivity contribution >= 4 is 17.7 Å². The van der Waals surface area contributed by atoms with Gasteiger partial charge in [0.2, 0.25) is 0 Å². The summed E-state index contributed by atoms with van der Waals surface area (Å²) in [7, 11) is 0. The summed E-state index contributed by atoms with van der Waals surface area (Å²) in [5, 5.41) is 9.43. The molecule has 5 nitrogen and oxygen atoms in total. The van der Waals surface area contributed by atoms with Crippen LogP contribution in [0.2, 0.25) is 0 Å². The van der Waals surface area contributed by atoms with Gasteiger partial charge in [0, 0.05) is 18.1 Å². The monoisotopic (exact) mass is 251 g/mol. The third kappa shape index (κ3) is 7.92. The minimum atomic E-state index is -0.621. The van der Waals surface area contributed by atoms with Crippen LogP contribution in [0.5, 0.6) is 0 Å². The minimum absolute atomic E-state index is 0.318. The van der Waals surface area contributed by atoms with Gasteiger partial charge in [-0.15, -0.1) is 0 Å². The second-order valence-corrected chi connectivity index (χ2v) is 4.28. The highest BCUT2D eigenvalue weighted by molar-refractivity contribution is 7.99. The van der Waals surface area contributed by atoms with Gasteiger partial charge in [0.25, 0.3) is 0 Å². The molecule has 0 aliphatic rings. The predicted octanol–water partition coefficient (Wildman–Crippen LogP) is 0.00740. The molecule has 2 atom stereocenters. The number of hydrogen-bond acceptors (Lipinski definition) is 6. The number of rotatable bonds is 9. The Morgan fingerprint density at radius 2 is 2.06 bits per heavy atom. The van der Waals surface area contributed by atoms with E-state index in [2.05, 4.69) is 0 Å². The Balaban J connectivity index is 3.53. The lowest BCUT2D eigenvalue weighted by atomic mass is 10.4. The SMILES string of the molecule is CCOCC(O)CSCC(N)C(=O)OCC. The summed E-state index contributed by atoms with van der Waals surface area (Å²) in [4.78, 5) is 11.1. The van der Waals surface area contributed by atoms with Gasteiger partial charge < -0.3 is 20.3 Å². The third-order valence-electron chi connectivity index (χ3n) is 1.71. The average molecular weight is 251 g/mol. The molecule has 0 saturated heterocycles. The summed E-state index contributed by atoms with van der Waals surface area (Å²) in [6.45, 7) is 4.85. The van der Waals surface area contributed by atoms with Gasteiger partial charge >= 0.3 is 5.97 Å². The van der Waals surface area contributed by atoms with Crippen molar-refractivity contribution in [1.82, 2.24) is 0 Å². The quantitative estimate of drug-likeness (QED) is 0.562. The van der Waals surface area contributed by atoms with E-state index in [1.807, 2.05) is 6.92 Å². The third-order valence-corrected chi connectivity index (χ3v) is 2.93. The molecule has 0 amide bonds. The van der Waals surface area contributed by atoms with Crippen molar-refractivity contribution in [3.8, 4) is 0 Å². The van der Waals surface area contributed by atoms with E-state index < -0.39 is 18.1 Å². The van der Waals surface area contributed by atoms with E-state index in [-0.39, 0.29) is 0 Å². The molecule has 6 heteroatoms. The smallest absolute Gasteiger partial charge is 0.323 e. The number of thioether (sulfide) groups is 1. The number of aliphatic hydroxyl groups excluding tert-OH is 1. The van der Waals surface area contributed by atoms with Crippen LogP contribution in [0.3, 0.4) is 0 Å². The number of esters is 1. The highest BCUT2D eigenvalue weighted by Gasteiger charge is 2.15. The lowest BCUT2D eigenvalue weighted by Gasteiger charge is -2.12. The summed E-state index contributed by atoms with van der Waals surface area (Å²) in [5.74, 6) is 0.559. The molecule has 0 fully saturated rings. The van der Waals surface area contributed by atoms with Crippen molar-refractivity contribution < 1.29 is 19.4 Å². The molecular weight excluding hydrogens is 230 g/mol. The molecule has 0 aromatic heterocycles. The van der Waals surface area contributed by atoms with Crippen molar-refractivity contribution in [1.29, 1.82) is 0 Å². The first-order valence-electron chi connectivity index (χ1n) is 5.37. The topological polar surface area (TPSA) is 81.8 Å². The van der Waals surface area contributed by atoms with Gasteiger partial charge in [0.05, 0.1) is 19.3 Å². The van der Waals surface area contributed by atoms with Crippen molar-refractivity contribution in [3.05, 3.63) is 0 Å². The van der Waals surface area contributed by atoms with Crippen LogP contribution >= 0.6 is 11.8 Å². The first-order valence-corrected chi connectivity index (χ1v) is 6.53. The maximum Gasteiger partial charge on any atom is 0.323 e. The Bertz CT molecular complexity index is 192. The summed E-state index contributed by atoms with van der Waals surface area (Å²) in [6, 6.07) is -0.621. The molecule has 0 spiro atoms. The Hall–Kier alpha value is -0.300. The number of carbonyl (C=O) groups excluding carboxylic acids is 1. The van der Waals surface area contributed by atoms with Gasteiger partial charge in [-0.2, -0.15) is 11.8 Å². The van der Waals surface area contributed by atoms with Gasteiger partial charge in [0.1, 0.15) is 6.04 Å². The van der Waals surface area contributed by atoms with Gasteiger partial charge in [-0.3, -0.25) is 4.79 Å². The highest BCUT2D eigenvalue weighted by atomic mass is 32.2. The summed E-state index contributed by atoms with van der Waals surface area (Å²) in [5.41, 5.74) is 5.58. The maximum atomic E-state index is 11.1. The zero-order chi connectivity index (χ0) is 12.4. The molecule has 0 aromatic carbocycles. The first kappa shape index (κ1) is 15.7. The van der Waals surface area contributed by atoms with Gasteiger partial charge in [0.15, 0.2) is 0 Å². The van der Waals surface area contributed by atoms with Crippen LogP contribution in [0.25, 0.3) is 0 Å². The number of carbonyl (C=O) groups is 1. The molecule has 2 unspecified atom stereocenters. The van der Waals surface area contributed by atoms with Crippen molar-refractivity contribution in [2.45, 2.75) is 26.0 Å². The Morgan fingerprint density at radius 3 is 2.62 bits per heavy atom. The average Bonchev–Trinajstić information content (AvgIpc) is 2.26. The normalized spacial score (nSPS) is 14.5. The fourth-order valence-electron chi connectivity index (χ4n) is 0.950. The van der Waals surface area contributed by atoms with Crippen LogP contribution in [-0.4, -0.2) is 54.5 Å². The molecule has 0 bridgehead atoms. The van der Waals surface area contributed by atoms with Crippen LogP contribution in [0, 0.1) is 0 Å². The number of hydrogen-bond donors (Lipinski definition) is 2. The van der Waals surface area contributed by atoms with E-state index in [1.54, 1.807) is 6.92 Å². The van der Waals surface area contributed by atoms with E-state index >= 15 is 0 Å². The molecule has 0 aliphatic heterocycles. The molecule has 0 aliphatic carbocycles. The molecule has 0 aromatic rings. The van der Waals surface area contributed by atoms with Gasteiger partial charge in [-0.05, 0) is 13.8 Å². The van der Waals surface area contributed by atoms with E-state index in [1.165, 1.54) is 11.8 Å². The predicted molar refractivity (Wildman–Crippen MR) is 64.4 cm³/mol. The van der Waals surface area contributed by atoms with E-state index in [0.29, 0.717) is 31.3 Å². The van der Waals surface area contributed by atoms with Gasteiger partial charge in [-0.1, -0.05) is 0 Å². The number of aliphatic hydroxyl groups is 1. The van der Waals surface area contributed by atoms with Gasteiger partial charge in [-0.25, -0.2) is 0 Å². The molecule has 0 radical (unpaired) electrons. The van der Waals surface area contributed by atoms with Crippen LogP contribution in [0.4, 0.5) is 0 Å². The largest absolute Gasteiger partial charge is 0.465 e. The van der Waals surface area contributed by atoms with E-state index in [4.69, 9.17) is 15.2 Å². The standard InChI is InChI=1S/C10H21NO4S/c1-3-14-5-8(12)6-16-7-9(11)10(13)15-4-2/h8-9,12H,3-7,11H2,1-2H3. The van der Waals surface area contributed by atoms with Crippen molar-refractivity contribution in [2.24, 2.45) is 5.73 Å². The van der Waals surface area contributed by atoms with Crippen LogP contribution < -0.4 is 5.73 Å². The van der Waals surface area contributed by atoms with Crippen LogP contribution in [0.1, 0.15) is 13.8 Å². The molecule has 96 valence electrons. The highest BCUT2D eigenvalue weighted by Crippen LogP contribution is 2.05. The Kier molecular flexibility index (Phi) is 9.71. The lowest BCUT2D eigenvalue weighted by molar-refractivity contribution is -0.144. The molecular formula is C10H21NO4S. The molecule has 0 rings (SSSR count). The molecule has 0 heterocycles. The Labute approximate surface area is 101 Å². The van der Waals surface area contributed by atoms with Crippen molar-refractivity contribution in [3.63, 3.8) is 0 Å². The Morgan fingerprint density at radius 1 is 1.38 bits per heavy atom. The number of ether oxygens (including phenoxy) is 2. The molecule has 0 saturated carbocycles. The lowest BCUT2D eigenvalue weighted by Crippen LogP contribution is -2.35. The summed E-state index contributed by atoms with van der Waals surface area (Å²) < 4.78 is 9.81. The molecule has 16 heavy (non-hydrogen) atoms. The first-order chi connectivity index (χ1) is 7.61. The zero-order valence-corrected chi connectivity index (χ0v) is 10.7. The maximum absolute atomic E-state index is 11.1. The molecule has 3 N–H and O–H groups in total. The second kappa shape index (κ2) is 9.89. The van der Waals surface area contributed by atoms with Crippen LogP contribution in [0.15, 0.2) is 0 Å². The fourth-order valence-corrected chi connectivity index (χ4v) is 1.84.